The normalized spacial score (nSPS) is 11.8. The van der Waals surface area contributed by atoms with E-state index in [9.17, 15) is 26.3 Å². The van der Waals surface area contributed by atoms with Crippen LogP contribution in [0.25, 0.3) is 39.5 Å². The highest BCUT2D eigenvalue weighted by Crippen LogP contribution is 2.33. The van der Waals surface area contributed by atoms with Gasteiger partial charge >= 0.3 is 6.11 Å². The Labute approximate surface area is 266 Å². The lowest BCUT2D eigenvalue weighted by Gasteiger charge is -2.14. The number of alkyl halides is 2. The summed E-state index contributed by atoms with van der Waals surface area (Å²) in [5.74, 6) is -8.55. The van der Waals surface area contributed by atoms with Gasteiger partial charge in [-0.3, -0.25) is 0 Å². The van der Waals surface area contributed by atoms with Crippen molar-refractivity contribution in [1.29, 1.82) is 0 Å². The van der Waals surface area contributed by atoms with Gasteiger partial charge in [-0.25, -0.2) is 26.3 Å². The molecule has 0 bridgehead atoms. The van der Waals surface area contributed by atoms with Gasteiger partial charge in [0.05, 0.1) is 0 Å². The predicted octanol–water partition coefficient (Wildman–Crippen LogP) is 11.9. The summed E-state index contributed by atoms with van der Waals surface area (Å²) in [6.07, 6.45) is 1.07. The first-order chi connectivity index (χ1) is 22.4. The lowest BCUT2D eigenvalue weighted by Crippen LogP contribution is -2.21. The molecule has 5 rings (SSSR count). The zero-order valence-corrected chi connectivity index (χ0v) is 25.1. The van der Waals surface area contributed by atoms with E-state index in [1.54, 1.807) is 12.1 Å². The highest BCUT2D eigenvalue weighted by Gasteiger charge is 2.29. The molecule has 1 nitrogen and oxygen atoms in total. The van der Waals surface area contributed by atoms with E-state index in [1.807, 2.05) is 24.3 Å². The molecule has 9 heteroatoms. The Kier molecular flexibility index (Phi) is 10.1. The molecule has 0 spiro atoms. The highest BCUT2D eigenvalue weighted by molar-refractivity contribution is 5.75. The first-order valence-corrected chi connectivity index (χ1v) is 14.8. The van der Waals surface area contributed by atoms with Gasteiger partial charge in [0.2, 0.25) is 0 Å². The Bertz CT molecular complexity index is 1890. The Morgan fingerprint density at radius 1 is 0.574 bits per heavy atom. The fourth-order valence-electron chi connectivity index (χ4n) is 5.09. The average Bonchev–Trinajstić information content (AvgIpc) is 3.03. The third kappa shape index (κ3) is 8.09. The number of rotatable bonds is 11. The Morgan fingerprint density at radius 2 is 1.11 bits per heavy atom. The maximum atomic E-state index is 15.2. The van der Waals surface area contributed by atoms with Crippen LogP contribution in [0, 0.1) is 34.9 Å². The predicted molar refractivity (Wildman–Crippen MR) is 167 cm³/mol. The molecule has 0 saturated heterocycles. The van der Waals surface area contributed by atoms with Crippen molar-refractivity contribution in [3.63, 3.8) is 0 Å². The SMILES string of the molecule is CCCCCc1ccc(-c2ccc(-c3ccc(-c4ccc(C=CC(F)(F)Oc5cc(F)c(F)c(F)c5)c(F)c4)c(F)c3)c(F)c2)cc1. The van der Waals surface area contributed by atoms with Crippen molar-refractivity contribution < 1.29 is 39.9 Å². The van der Waals surface area contributed by atoms with Gasteiger partial charge in [0.15, 0.2) is 17.5 Å². The van der Waals surface area contributed by atoms with E-state index >= 15 is 8.78 Å². The fourth-order valence-corrected chi connectivity index (χ4v) is 5.09. The quantitative estimate of drug-likeness (QED) is 0.0784. The van der Waals surface area contributed by atoms with Crippen LogP contribution in [-0.4, -0.2) is 6.11 Å². The maximum absolute atomic E-state index is 15.2. The van der Waals surface area contributed by atoms with Crippen LogP contribution in [0.2, 0.25) is 0 Å². The van der Waals surface area contributed by atoms with Crippen molar-refractivity contribution in [3.8, 4) is 39.1 Å². The molecular weight excluding hydrogens is 624 g/mol. The highest BCUT2D eigenvalue weighted by atomic mass is 19.3. The summed E-state index contributed by atoms with van der Waals surface area (Å²) in [6, 6.07) is 20.5. The molecular formula is C38H28F8O. The lowest BCUT2D eigenvalue weighted by molar-refractivity contribution is -0.131. The first-order valence-electron chi connectivity index (χ1n) is 14.8. The van der Waals surface area contributed by atoms with Crippen LogP contribution in [0.1, 0.15) is 37.3 Å². The Morgan fingerprint density at radius 3 is 1.68 bits per heavy atom. The van der Waals surface area contributed by atoms with Crippen molar-refractivity contribution in [2.45, 2.75) is 38.7 Å². The second-order valence-electron chi connectivity index (χ2n) is 11.0. The summed E-state index contributed by atoms with van der Waals surface area (Å²) in [6.45, 7) is 2.15. The van der Waals surface area contributed by atoms with E-state index in [1.165, 1.54) is 29.8 Å². The summed E-state index contributed by atoms with van der Waals surface area (Å²) in [4.78, 5) is 0. The minimum Gasteiger partial charge on any atom is -0.429 e. The Hall–Kier alpha value is -4.92. The monoisotopic (exact) mass is 652 g/mol. The minimum absolute atomic E-state index is 0.00624. The molecule has 0 unspecified atom stereocenters. The van der Waals surface area contributed by atoms with Gasteiger partial charge < -0.3 is 4.74 Å². The molecule has 5 aromatic rings. The third-order valence-corrected chi connectivity index (χ3v) is 7.59. The van der Waals surface area contributed by atoms with Crippen molar-refractivity contribution >= 4 is 6.08 Å². The molecule has 0 aliphatic carbocycles. The smallest absolute Gasteiger partial charge is 0.419 e. The molecule has 0 fully saturated rings. The van der Waals surface area contributed by atoms with Crippen molar-refractivity contribution in [3.05, 3.63) is 143 Å². The molecule has 0 saturated carbocycles. The largest absolute Gasteiger partial charge is 0.429 e. The molecule has 0 atom stereocenters. The van der Waals surface area contributed by atoms with E-state index in [-0.39, 0.29) is 46.0 Å². The van der Waals surface area contributed by atoms with E-state index in [0.717, 1.165) is 49.4 Å². The molecule has 0 N–H and O–H groups in total. The molecule has 0 heterocycles. The average molecular weight is 653 g/mol. The zero-order chi connectivity index (χ0) is 33.7. The molecule has 0 aromatic heterocycles. The van der Waals surface area contributed by atoms with Crippen molar-refractivity contribution in [2.75, 3.05) is 0 Å². The molecule has 0 amide bonds. The number of halogens is 8. The summed E-state index contributed by atoms with van der Waals surface area (Å²) in [7, 11) is 0. The van der Waals surface area contributed by atoms with Crippen LogP contribution in [0.5, 0.6) is 5.75 Å². The van der Waals surface area contributed by atoms with Crippen LogP contribution < -0.4 is 4.74 Å². The van der Waals surface area contributed by atoms with Gasteiger partial charge in [0, 0.05) is 34.9 Å². The summed E-state index contributed by atoms with van der Waals surface area (Å²) >= 11 is 0. The van der Waals surface area contributed by atoms with E-state index in [4.69, 9.17) is 0 Å². The molecule has 5 aromatic carbocycles. The minimum atomic E-state index is -4.14. The number of hydrogen-bond donors (Lipinski definition) is 0. The van der Waals surface area contributed by atoms with Gasteiger partial charge in [-0.1, -0.05) is 80.4 Å². The van der Waals surface area contributed by atoms with Gasteiger partial charge in [-0.15, -0.1) is 0 Å². The molecule has 242 valence electrons. The van der Waals surface area contributed by atoms with Gasteiger partial charge in [-0.2, -0.15) is 8.78 Å². The van der Waals surface area contributed by atoms with Gasteiger partial charge in [-0.05, 0) is 64.9 Å². The fraction of sp³-hybridized carbons (Fsp3) is 0.158. The molecule has 0 aliphatic heterocycles. The first kappa shape index (κ1) is 33.4. The topological polar surface area (TPSA) is 9.23 Å². The molecule has 47 heavy (non-hydrogen) atoms. The van der Waals surface area contributed by atoms with Crippen LogP contribution in [-0.2, 0) is 6.42 Å². The van der Waals surface area contributed by atoms with E-state index < -0.39 is 46.8 Å². The zero-order valence-electron chi connectivity index (χ0n) is 25.1. The number of aryl methyl sites for hydroxylation is 1. The maximum Gasteiger partial charge on any atom is 0.419 e. The third-order valence-electron chi connectivity index (χ3n) is 7.59. The molecule has 0 radical (unpaired) electrons. The Balaban J connectivity index is 1.29. The second kappa shape index (κ2) is 14.2. The van der Waals surface area contributed by atoms with Crippen molar-refractivity contribution in [1.82, 2.24) is 0 Å². The van der Waals surface area contributed by atoms with Gasteiger partial charge in [0.25, 0.3) is 0 Å². The number of unbranched alkanes of at least 4 members (excludes halogenated alkanes) is 2. The van der Waals surface area contributed by atoms with Crippen LogP contribution in [0.4, 0.5) is 35.1 Å². The van der Waals surface area contributed by atoms with Crippen LogP contribution >= 0.6 is 0 Å². The molecule has 0 aliphatic rings. The summed E-state index contributed by atoms with van der Waals surface area (Å²) < 4.78 is 118. The van der Waals surface area contributed by atoms with Crippen LogP contribution in [0.3, 0.4) is 0 Å². The number of ether oxygens (including phenoxy) is 1. The standard InChI is InChI=1S/C38H28F8O/c1-2-3-4-5-23-6-8-24(9-7-23)26-12-14-30(33(40)18-26)28-13-15-31(34(41)20-28)27-11-10-25(32(39)19-27)16-17-38(45,46)47-29-21-35(42)37(44)36(43)22-29/h6-22H,2-5H2,1H3. The van der Waals surface area contributed by atoms with Crippen molar-refractivity contribution in [2.24, 2.45) is 0 Å². The number of benzene rings is 5. The number of hydrogen-bond acceptors (Lipinski definition) is 1. The van der Waals surface area contributed by atoms with Crippen LogP contribution in [0.15, 0.2) is 97.1 Å². The second-order valence-corrected chi connectivity index (χ2v) is 11.0. The van der Waals surface area contributed by atoms with Gasteiger partial charge in [0.1, 0.15) is 23.2 Å². The lowest BCUT2D eigenvalue weighted by atomic mass is 9.96. The summed E-state index contributed by atoms with van der Waals surface area (Å²) in [5.41, 5.74) is 2.96. The van der Waals surface area contributed by atoms with E-state index in [2.05, 4.69) is 11.7 Å². The van der Waals surface area contributed by atoms with E-state index in [0.29, 0.717) is 11.6 Å². The summed E-state index contributed by atoms with van der Waals surface area (Å²) in [5, 5.41) is 0.